The lowest BCUT2D eigenvalue weighted by atomic mass is 10.3. The number of carboxylic acid groups (broad SMARTS) is 1. The summed E-state index contributed by atoms with van der Waals surface area (Å²) in [6.45, 7) is 3.57. The molecule has 0 aliphatic carbocycles. The van der Waals surface area contributed by atoms with Crippen molar-refractivity contribution in [2.24, 2.45) is 0 Å². The Balaban J connectivity index is 1.94. The maximum Gasteiger partial charge on any atom is 0.355 e. The van der Waals surface area contributed by atoms with Crippen molar-refractivity contribution in [1.82, 2.24) is 15.3 Å². The average molecular weight is 312 g/mol. The summed E-state index contributed by atoms with van der Waals surface area (Å²) in [5.41, 5.74) is 0.818. The molecule has 1 unspecified atom stereocenters. The van der Waals surface area contributed by atoms with Gasteiger partial charge in [0.15, 0.2) is 10.8 Å². The topological polar surface area (TPSA) is 104 Å². The first kappa shape index (κ1) is 14.4. The van der Waals surface area contributed by atoms with Crippen molar-refractivity contribution in [3.63, 3.8) is 0 Å². The molecule has 9 heteroatoms. The maximum atomic E-state index is 11.8. The van der Waals surface area contributed by atoms with Gasteiger partial charge in [0.25, 0.3) is 0 Å². The predicted molar refractivity (Wildman–Crippen MR) is 76.5 cm³/mol. The summed E-state index contributed by atoms with van der Waals surface area (Å²) in [5, 5.41) is 18.4. The molecule has 0 saturated carbocycles. The quantitative estimate of drug-likeness (QED) is 0.804. The first-order valence-electron chi connectivity index (χ1n) is 5.64. The van der Waals surface area contributed by atoms with Crippen LogP contribution in [0, 0.1) is 6.92 Å². The van der Waals surface area contributed by atoms with Crippen molar-refractivity contribution in [3.05, 3.63) is 27.2 Å². The van der Waals surface area contributed by atoms with Gasteiger partial charge in [-0.25, -0.2) is 19.6 Å². The van der Waals surface area contributed by atoms with Crippen LogP contribution in [0.15, 0.2) is 10.8 Å². The molecule has 1 atom stereocenters. The van der Waals surface area contributed by atoms with E-state index >= 15 is 0 Å². The van der Waals surface area contributed by atoms with Crippen LogP contribution in [-0.2, 0) is 0 Å². The Morgan fingerprint density at radius 1 is 1.30 bits per heavy atom. The number of hydrogen-bond acceptors (Lipinski definition) is 6. The van der Waals surface area contributed by atoms with Crippen LogP contribution in [0.4, 0.5) is 9.93 Å². The van der Waals surface area contributed by atoms with E-state index in [9.17, 15) is 9.59 Å². The van der Waals surface area contributed by atoms with Gasteiger partial charge in [-0.05, 0) is 13.8 Å². The van der Waals surface area contributed by atoms with Crippen LogP contribution < -0.4 is 10.6 Å². The molecular formula is C11H12N4O3S2. The lowest BCUT2D eigenvalue weighted by molar-refractivity contribution is 0.0691. The Morgan fingerprint density at radius 3 is 2.60 bits per heavy atom. The molecule has 2 rings (SSSR count). The highest BCUT2D eigenvalue weighted by Gasteiger charge is 2.16. The van der Waals surface area contributed by atoms with Crippen molar-refractivity contribution in [2.45, 2.75) is 19.9 Å². The van der Waals surface area contributed by atoms with Crippen LogP contribution in [0.1, 0.15) is 34.2 Å². The van der Waals surface area contributed by atoms with Crippen molar-refractivity contribution in [2.75, 3.05) is 5.32 Å². The van der Waals surface area contributed by atoms with E-state index in [0.29, 0.717) is 10.1 Å². The number of amides is 2. The Bertz CT molecular complexity index is 637. The number of aromatic nitrogens is 2. The molecule has 2 amide bonds. The molecule has 0 aliphatic heterocycles. The van der Waals surface area contributed by atoms with E-state index in [1.54, 1.807) is 6.92 Å². The minimum atomic E-state index is -1.08. The first-order valence-corrected chi connectivity index (χ1v) is 7.40. The molecule has 3 N–H and O–H groups in total. The summed E-state index contributed by atoms with van der Waals surface area (Å²) in [4.78, 5) is 30.5. The van der Waals surface area contributed by atoms with E-state index in [-0.39, 0.29) is 11.7 Å². The number of carbonyl (C=O) groups is 2. The fourth-order valence-electron chi connectivity index (χ4n) is 1.39. The molecule has 7 nitrogen and oxygen atoms in total. The number of nitrogens with one attached hydrogen (secondary N) is 2. The van der Waals surface area contributed by atoms with Crippen LogP contribution in [0.25, 0.3) is 0 Å². The van der Waals surface area contributed by atoms with E-state index in [2.05, 4.69) is 20.6 Å². The molecule has 20 heavy (non-hydrogen) atoms. The average Bonchev–Trinajstić information content (AvgIpc) is 2.98. The van der Waals surface area contributed by atoms with Gasteiger partial charge < -0.3 is 10.4 Å². The van der Waals surface area contributed by atoms with Crippen LogP contribution >= 0.6 is 22.7 Å². The Morgan fingerprint density at radius 2 is 2.05 bits per heavy atom. The third-order valence-corrected chi connectivity index (χ3v) is 4.20. The Labute approximate surface area is 122 Å². The maximum absolute atomic E-state index is 11.8. The van der Waals surface area contributed by atoms with Crippen molar-refractivity contribution < 1.29 is 14.7 Å². The highest BCUT2D eigenvalue weighted by atomic mass is 32.1. The number of carboxylic acids is 1. The van der Waals surface area contributed by atoms with Gasteiger partial charge in [0, 0.05) is 10.8 Å². The lowest BCUT2D eigenvalue weighted by Crippen LogP contribution is -2.31. The third kappa shape index (κ3) is 3.52. The van der Waals surface area contributed by atoms with E-state index in [1.165, 1.54) is 28.1 Å². The van der Waals surface area contributed by atoms with Gasteiger partial charge >= 0.3 is 12.0 Å². The fraction of sp³-hybridized carbons (Fsp3) is 0.273. The number of nitrogens with zero attached hydrogens (tertiary/aromatic N) is 2. The number of rotatable bonds is 4. The van der Waals surface area contributed by atoms with Gasteiger partial charge in [-0.3, -0.25) is 5.32 Å². The molecule has 0 saturated heterocycles. The predicted octanol–water partition coefficient (Wildman–Crippen LogP) is 2.49. The molecule has 0 spiro atoms. The highest BCUT2D eigenvalue weighted by molar-refractivity contribution is 7.13. The number of aryl methyl sites for hydroxylation is 1. The van der Waals surface area contributed by atoms with Gasteiger partial charge in [0.1, 0.15) is 5.01 Å². The van der Waals surface area contributed by atoms with Gasteiger partial charge in [-0.2, -0.15) is 0 Å². The number of urea groups is 1. The molecule has 106 valence electrons. The summed E-state index contributed by atoms with van der Waals surface area (Å²) in [6.07, 6.45) is 0. The molecule has 0 bridgehead atoms. The highest BCUT2D eigenvalue weighted by Crippen LogP contribution is 2.19. The molecule has 2 heterocycles. The Kier molecular flexibility index (Phi) is 4.30. The first-order chi connectivity index (χ1) is 9.45. The van der Waals surface area contributed by atoms with Crippen LogP contribution in [0.5, 0.6) is 0 Å². The van der Waals surface area contributed by atoms with Crippen molar-refractivity contribution >= 4 is 39.8 Å². The zero-order valence-corrected chi connectivity index (χ0v) is 12.3. The van der Waals surface area contributed by atoms with E-state index in [1.807, 2.05) is 12.3 Å². The molecule has 0 fully saturated rings. The van der Waals surface area contributed by atoms with Crippen molar-refractivity contribution in [1.29, 1.82) is 0 Å². The summed E-state index contributed by atoms with van der Waals surface area (Å²) in [7, 11) is 0. The number of carbonyl (C=O) groups excluding carboxylic acids is 1. The summed E-state index contributed by atoms with van der Waals surface area (Å²) in [6, 6.07) is -0.784. The second-order valence-corrected chi connectivity index (χ2v) is 5.74. The third-order valence-electron chi connectivity index (χ3n) is 2.30. The minimum absolute atomic E-state index is 0.0189. The smallest absolute Gasteiger partial charge is 0.355 e. The normalized spacial score (nSPS) is 11.9. The summed E-state index contributed by atoms with van der Waals surface area (Å²) in [5.74, 6) is -1.08. The molecule has 0 aromatic carbocycles. The number of aromatic carboxylic acids is 1. The number of anilines is 1. The molecular weight excluding hydrogens is 300 g/mol. The van der Waals surface area contributed by atoms with Gasteiger partial charge in [-0.1, -0.05) is 0 Å². The summed E-state index contributed by atoms with van der Waals surface area (Å²) >= 11 is 2.53. The van der Waals surface area contributed by atoms with E-state index in [0.717, 1.165) is 5.69 Å². The zero-order valence-electron chi connectivity index (χ0n) is 10.7. The molecule has 0 aliphatic rings. The minimum Gasteiger partial charge on any atom is -0.476 e. The van der Waals surface area contributed by atoms with Gasteiger partial charge in [0.05, 0.1) is 11.7 Å². The number of hydrogen-bond donors (Lipinski definition) is 3. The van der Waals surface area contributed by atoms with Crippen LogP contribution in [0.3, 0.4) is 0 Å². The zero-order chi connectivity index (χ0) is 14.7. The standard InChI is InChI=1S/C11H12N4O3S2/c1-5-3-20-11(12-5)15-10(18)13-6(2)8-14-7(4-19-8)9(16)17/h3-4,6H,1-2H3,(H,16,17)(H2,12,13,15,18). The second kappa shape index (κ2) is 5.97. The monoisotopic (exact) mass is 312 g/mol. The summed E-state index contributed by atoms with van der Waals surface area (Å²) < 4.78 is 0. The van der Waals surface area contributed by atoms with Crippen LogP contribution in [0.2, 0.25) is 0 Å². The SMILES string of the molecule is Cc1csc(NC(=O)NC(C)c2nc(C(=O)O)cs2)n1. The molecule has 2 aromatic rings. The van der Waals surface area contributed by atoms with Crippen molar-refractivity contribution in [3.8, 4) is 0 Å². The lowest BCUT2D eigenvalue weighted by Gasteiger charge is -2.10. The van der Waals surface area contributed by atoms with Crippen LogP contribution in [-0.4, -0.2) is 27.1 Å². The van der Waals surface area contributed by atoms with E-state index in [4.69, 9.17) is 5.11 Å². The van der Waals surface area contributed by atoms with Gasteiger partial charge in [-0.15, -0.1) is 22.7 Å². The number of thiazole rings is 2. The largest absolute Gasteiger partial charge is 0.476 e. The van der Waals surface area contributed by atoms with Gasteiger partial charge in [0.2, 0.25) is 0 Å². The molecule has 2 aromatic heterocycles. The van der Waals surface area contributed by atoms with E-state index < -0.39 is 12.0 Å². The fourth-order valence-corrected chi connectivity index (χ4v) is 2.87. The molecule has 0 radical (unpaired) electrons. The second-order valence-electron chi connectivity index (χ2n) is 3.99. The Hall–Kier alpha value is -2.00.